The Labute approximate surface area is 186 Å². The third-order valence-electron chi connectivity index (χ3n) is 5.04. The Morgan fingerprint density at radius 2 is 1.88 bits per heavy atom. The molecule has 0 saturated carbocycles. The first-order valence-corrected chi connectivity index (χ1v) is 9.93. The predicted octanol–water partition coefficient (Wildman–Crippen LogP) is 4.95. The molecule has 0 aliphatic rings. The van der Waals surface area contributed by atoms with Gasteiger partial charge in [-0.05, 0) is 30.3 Å². The topological polar surface area (TPSA) is 101 Å². The lowest BCUT2D eigenvalue weighted by Gasteiger charge is -2.09. The van der Waals surface area contributed by atoms with Crippen molar-refractivity contribution in [2.45, 2.75) is 0 Å². The number of aryl methyl sites for hydroxylation is 1. The second-order valence-corrected chi connectivity index (χ2v) is 7.38. The summed E-state index contributed by atoms with van der Waals surface area (Å²) in [5.74, 6) is -1.58. The molecule has 0 fully saturated rings. The van der Waals surface area contributed by atoms with Crippen LogP contribution in [0.1, 0.15) is 0 Å². The van der Waals surface area contributed by atoms with E-state index in [1.54, 1.807) is 35.3 Å². The number of hydrogen-bond donors (Lipinski definition) is 3. The lowest BCUT2D eigenvalue weighted by molar-refractivity contribution is 0.262. The Kier molecular flexibility index (Phi) is 5.02. The van der Waals surface area contributed by atoms with Gasteiger partial charge in [-0.15, -0.1) is 0 Å². The highest BCUT2D eigenvalue weighted by Crippen LogP contribution is 2.30. The second-order valence-electron chi connectivity index (χ2n) is 7.38. The van der Waals surface area contributed by atoms with Crippen LogP contribution in [0.5, 0.6) is 0 Å². The minimum atomic E-state index is -0.861. The van der Waals surface area contributed by atoms with E-state index in [0.29, 0.717) is 17.4 Å². The molecule has 3 heterocycles. The first-order valence-electron chi connectivity index (χ1n) is 9.93. The zero-order chi connectivity index (χ0) is 22.9. The SMILES string of the molecule is Cn1cc(-c2cnc3n[nH]c(-c4cccc(NC(=O)Nc5ccc(F)cc5F)c4)c3c2)cn1. The molecule has 5 rings (SSSR count). The Morgan fingerprint density at radius 1 is 1.00 bits per heavy atom. The summed E-state index contributed by atoms with van der Waals surface area (Å²) in [6.45, 7) is 0. The van der Waals surface area contributed by atoms with Crippen LogP contribution in [0.2, 0.25) is 0 Å². The number of halogens is 2. The van der Waals surface area contributed by atoms with Crippen LogP contribution in [0.4, 0.5) is 25.0 Å². The van der Waals surface area contributed by atoms with Crippen LogP contribution in [-0.4, -0.2) is 31.0 Å². The summed E-state index contributed by atoms with van der Waals surface area (Å²) in [5.41, 5.74) is 4.24. The predicted molar refractivity (Wildman–Crippen MR) is 121 cm³/mol. The molecule has 0 aliphatic heterocycles. The van der Waals surface area contributed by atoms with Crippen LogP contribution in [0.25, 0.3) is 33.4 Å². The van der Waals surface area contributed by atoms with Gasteiger partial charge in [0.1, 0.15) is 11.6 Å². The molecule has 0 spiro atoms. The van der Waals surface area contributed by atoms with E-state index in [-0.39, 0.29) is 5.69 Å². The summed E-state index contributed by atoms with van der Waals surface area (Å²) in [6.07, 6.45) is 5.40. The number of amides is 2. The van der Waals surface area contributed by atoms with Crippen molar-refractivity contribution in [2.75, 3.05) is 10.6 Å². The fourth-order valence-electron chi connectivity index (χ4n) is 3.48. The van der Waals surface area contributed by atoms with Crippen molar-refractivity contribution in [1.82, 2.24) is 25.0 Å². The van der Waals surface area contributed by atoms with Crippen LogP contribution >= 0.6 is 0 Å². The van der Waals surface area contributed by atoms with Crippen molar-refractivity contribution in [1.29, 1.82) is 0 Å². The summed E-state index contributed by atoms with van der Waals surface area (Å²) >= 11 is 0. The maximum absolute atomic E-state index is 13.8. The molecule has 0 aliphatic carbocycles. The van der Waals surface area contributed by atoms with Gasteiger partial charge < -0.3 is 10.6 Å². The van der Waals surface area contributed by atoms with Gasteiger partial charge in [0.05, 0.1) is 17.6 Å². The van der Waals surface area contributed by atoms with Crippen molar-refractivity contribution in [3.8, 4) is 22.4 Å². The number of fused-ring (bicyclic) bond motifs is 1. The molecule has 8 nitrogen and oxygen atoms in total. The fraction of sp³-hybridized carbons (Fsp3) is 0.0435. The van der Waals surface area contributed by atoms with Gasteiger partial charge in [-0.2, -0.15) is 10.2 Å². The van der Waals surface area contributed by atoms with Gasteiger partial charge in [0, 0.05) is 53.3 Å². The van der Waals surface area contributed by atoms with E-state index in [1.165, 1.54) is 0 Å². The van der Waals surface area contributed by atoms with Gasteiger partial charge in [-0.25, -0.2) is 18.6 Å². The lowest BCUT2D eigenvalue weighted by atomic mass is 10.1. The molecule has 0 unspecified atom stereocenters. The molecule has 10 heteroatoms. The van der Waals surface area contributed by atoms with Crippen molar-refractivity contribution >= 4 is 28.4 Å². The van der Waals surface area contributed by atoms with Crippen LogP contribution in [0, 0.1) is 11.6 Å². The molecular weight excluding hydrogens is 428 g/mol. The smallest absolute Gasteiger partial charge is 0.308 e. The zero-order valence-corrected chi connectivity index (χ0v) is 17.3. The fourth-order valence-corrected chi connectivity index (χ4v) is 3.48. The number of benzene rings is 2. The van der Waals surface area contributed by atoms with E-state index in [9.17, 15) is 13.6 Å². The first kappa shape index (κ1) is 20.3. The number of aromatic nitrogens is 5. The Morgan fingerprint density at radius 3 is 2.67 bits per heavy atom. The number of urea groups is 1. The summed E-state index contributed by atoms with van der Waals surface area (Å²) in [5, 5.41) is 17.3. The Bertz CT molecular complexity index is 1490. The van der Waals surface area contributed by atoms with Crippen molar-refractivity contribution in [2.24, 2.45) is 7.05 Å². The number of hydrogen-bond acceptors (Lipinski definition) is 4. The highest BCUT2D eigenvalue weighted by molar-refractivity contribution is 6.00. The average Bonchev–Trinajstić information content (AvgIpc) is 3.41. The minimum absolute atomic E-state index is 0.126. The van der Waals surface area contributed by atoms with Gasteiger partial charge in [0.25, 0.3) is 0 Å². The lowest BCUT2D eigenvalue weighted by Crippen LogP contribution is -2.20. The maximum Gasteiger partial charge on any atom is 0.323 e. The van der Waals surface area contributed by atoms with Crippen molar-refractivity contribution in [3.63, 3.8) is 0 Å². The molecule has 164 valence electrons. The van der Waals surface area contributed by atoms with Gasteiger partial charge in [0.2, 0.25) is 0 Å². The molecule has 5 aromatic rings. The van der Waals surface area contributed by atoms with E-state index in [2.05, 4.69) is 30.9 Å². The zero-order valence-electron chi connectivity index (χ0n) is 17.3. The van der Waals surface area contributed by atoms with Gasteiger partial charge in [0.15, 0.2) is 5.65 Å². The number of rotatable bonds is 4. The number of nitrogens with one attached hydrogen (secondary N) is 3. The Hall–Kier alpha value is -4.60. The molecule has 3 aromatic heterocycles. The molecule has 2 aromatic carbocycles. The second kappa shape index (κ2) is 8.15. The monoisotopic (exact) mass is 445 g/mol. The van der Waals surface area contributed by atoms with E-state index >= 15 is 0 Å². The molecular formula is C23H17F2N7O. The number of pyridine rings is 1. The number of carbonyl (C=O) groups is 1. The standard InChI is InChI=1S/C23H17F2N7O/c1-32-12-15(11-27-32)14-8-18-21(30-31-22(18)26-10-14)13-3-2-4-17(7-13)28-23(33)29-20-6-5-16(24)9-19(20)25/h2-12H,1H3,(H,26,30,31)(H2,28,29,33). The molecule has 0 bridgehead atoms. The highest BCUT2D eigenvalue weighted by atomic mass is 19.1. The first-order chi connectivity index (χ1) is 16.0. The third kappa shape index (κ3) is 4.13. The van der Waals surface area contributed by atoms with E-state index in [0.717, 1.165) is 39.9 Å². The summed E-state index contributed by atoms with van der Waals surface area (Å²) in [4.78, 5) is 16.7. The molecule has 33 heavy (non-hydrogen) atoms. The summed E-state index contributed by atoms with van der Waals surface area (Å²) < 4.78 is 28.6. The van der Waals surface area contributed by atoms with E-state index in [1.807, 2.05) is 25.4 Å². The van der Waals surface area contributed by atoms with Crippen molar-refractivity contribution in [3.05, 3.63) is 78.8 Å². The minimum Gasteiger partial charge on any atom is -0.308 e. The van der Waals surface area contributed by atoms with Gasteiger partial charge in [-0.3, -0.25) is 9.78 Å². The number of carbonyl (C=O) groups excluding carboxylic acids is 1. The quantitative estimate of drug-likeness (QED) is 0.364. The molecule has 0 saturated heterocycles. The molecule has 2 amide bonds. The van der Waals surface area contributed by atoms with Crippen LogP contribution in [0.15, 0.2) is 67.1 Å². The van der Waals surface area contributed by atoms with Crippen LogP contribution in [0.3, 0.4) is 0 Å². The average molecular weight is 445 g/mol. The van der Waals surface area contributed by atoms with E-state index in [4.69, 9.17) is 0 Å². The normalized spacial score (nSPS) is 11.0. The maximum atomic E-state index is 13.8. The summed E-state index contributed by atoms with van der Waals surface area (Å²) in [6, 6.07) is 11.3. The number of anilines is 2. The number of nitrogens with zero attached hydrogens (tertiary/aromatic N) is 4. The van der Waals surface area contributed by atoms with Gasteiger partial charge >= 0.3 is 6.03 Å². The number of H-pyrrole nitrogens is 1. The van der Waals surface area contributed by atoms with Crippen molar-refractivity contribution < 1.29 is 13.6 Å². The van der Waals surface area contributed by atoms with Gasteiger partial charge in [-0.1, -0.05) is 12.1 Å². The summed E-state index contributed by atoms with van der Waals surface area (Å²) in [7, 11) is 1.85. The third-order valence-corrected chi connectivity index (χ3v) is 5.04. The number of aromatic amines is 1. The molecule has 0 radical (unpaired) electrons. The molecule has 0 atom stereocenters. The van der Waals surface area contributed by atoms with Crippen LogP contribution in [-0.2, 0) is 7.05 Å². The van der Waals surface area contributed by atoms with Crippen LogP contribution < -0.4 is 10.6 Å². The Balaban J connectivity index is 1.41. The van der Waals surface area contributed by atoms with E-state index < -0.39 is 17.7 Å². The largest absolute Gasteiger partial charge is 0.323 e. The molecule has 3 N–H and O–H groups in total. The highest BCUT2D eigenvalue weighted by Gasteiger charge is 2.13.